The third-order valence-corrected chi connectivity index (χ3v) is 8.06. The number of carbonyl (C=O) groups excluding carboxylic acids is 1. The molecule has 3 aromatic rings. The van der Waals surface area contributed by atoms with Crippen LogP contribution in [0.5, 0.6) is 0 Å². The van der Waals surface area contributed by atoms with Gasteiger partial charge >= 0.3 is 0 Å². The van der Waals surface area contributed by atoms with Gasteiger partial charge in [-0.25, -0.2) is 22.2 Å². The number of benzene rings is 2. The molecule has 0 radical (unpaired) electrons. The number of rotatable bonds is 5. The Morgan fingerprint density at radius 3 is 2.44 bits per heavy atom. The van der Waals surface area contributed by atoms with E-state index in [1.807, 2.05) is 6.92 Å². The van der Waals surface area contributed by atoms with Gasteiger partial charge in [0.05, 0.1) is 5.69 Å². The molecule has 2 heterocycles. The van der Waals surface area contributed by atoms with E-state index in [0.29, 0.717) is 29.5 Å². The number of amides is 1. The van der Waals surface area contributed by atoms with Crippen molar-refractivity contribution in [2.75, 3.05) is 18.4 Å². The SMILES string of the molecule is Cc1sc(NC(=O)c2ccc(F)c(S(=O)(=O)N3CCCCC3)c2)nc1-c1ccc(F)cc1. The van der Waals surface area contributed by atoms with Gasteiger partial charge in [-0.1, -0.05) is 6.42 Å². The molecule has 1 aromatic heterocycles. The summed E-state index contributed by atoms with van der Waals surface area (Å²) in [5.74, 6) is -1.85. The van der Waals surface area contributed by atoms with Gasteiger partial charge in [-0.3, -0.25) is 10.1 Å². The first-order valence-corrected chi connectivity index (χ1v) is 12.4. The number of nitrogens with one attached hydrogen (secondary N) is 1. The van der Waals surface area contributed by atoms with Crippen LogP contribution >= 0.6 is 11.3 Å². The Morgan fingerprint density at radius 1 is 1.06 bits per heavy atom. The lowest BCUT2D eigenvalue weighted by molar-refractivity contribution is 0.102. The van der Waals surface area contributed by atoms with Gasteiger partial charge in [0.25, 0.3) is 5.91 Å². The Bertz CT molecular complexity index is 1250. The van der Waals surface area contributed by atoms with E-state index >= 15 is 0 Å². The minimum Gasteiger partial charge on any atom is -0.298 e. The first-order valence-electron chi connectivity index (χ1n) is 10.1. The molecule has 6 nitrogen and oxygen atoms in total. The highest BCUT2D eigenvalue weighted by Gasteiger charge is 2.29. The predicted octanol–water partition coefficient (Wildman–Crippen LogP) is 4.82. The summed E-state index contributed by atoms with van der Waals surface area (Å²) in [6.45, 7) is 2.50. The van der Waals surface area contributed by atoms with Crippen LogP contribution in [0.3, 0.4) is 0 Å². The van der Waals surface area contributed by atoms with Crippen molar-refractivity contribution >= 4 is 32.4 Å². The lowest BCUT2D eigenvalue weighted by Crippen LogP contribution is -2.36. The van der Waals surface area contributed by atoms with Crippen LogP contribution in [0.1, 0.15) is 34.5 Å². The Kier molecular flexibility index (Phi) is 6.36. The fourth-order valence-corrected chi connectivity index (χ4v) is 6.02. The maximum atomic E-state index is 14.4. The molecule has 32 heavy (non-hydrogen) atoms. The van der Waals surface area contributed by atoms with E-state index in [1.165, 1.54) is 33.8 Å². The van der Waals surface area contributed by atoms with Gasteiger partial charge < -0.3 is 0 Å². The van der Waals surface area contributed by atoms with E-state index in [4.69, 9.17) is 0 Å². The van der Waals surface area contributed by atoms with Gasteiger partial charge in [0, 0.05) is 29.1 Å². The highest BCUT2D eigenvalue weighted by atomic mass is 32.2. The maximum absolute atomic E-state index is 14.4. The van der Waals surface area contributed by atoms with Gasteiger partial charge in [-0.05, 0) is 62.2 Å². The monoisotopic (exact) mass is 477 g/mol. The van der Waals surface area contributed by atoms with Gasteiger partial charge in [0.1, 0.15) is 16.5 Å². The summed E-state index contributed by atoms with van der Waals surface area (Å²) in [6, 6.07) is 9.14. The number of aryl methyl sites for hydroxylation is 1. The summed E-state index contributed by atoms with van der Waals surface area (Å²) in [4.78, 5) is 17.5. The molecule has 0 atom stereocenters. The fourth-order valence-electron chi connectivity index (χ4n) is 3.58. The second-order valence-electron chi connectivity index (χ2n) is 7.49. The zero-order valence-corrected chi connectivity index (χ0v) is 18.9. The van der Waals surface area contributed by atoms with E-state index in [2.05, 4.69) is 10.3 Å². The Hall–Kier alpha value is -2.69. The quantitative estimate of drug-likeness (QED) is 0.571. The van der Waals surface area contributed by atoms with E-state index < -0.39 is 26.6 Å². The first kappa shape index (κ1) is 22.5. The molecule has 0 aliphatic carbocycles. The van der Waals surface area contributed by atoms with Crippen molar-refractivity contribution in [2.45, 2.75) is 31.1 Å². The Balaban J connectivity index is 1.57. The average molecular weight is 478 g/mol. The van der Waals surface area contributed by atoms with Gasteiger partial charge in [-0.15, -0.1) is 11.3 Å². The zero-order chi connectivity index (χ0) is 22.9. The van der Waals surface area contributed by atoms with E-state index in [1.54, 1.807) is 12.1 Å². The highest BCUT2D eigenvalue weighted by Crippen LogP contribution is 2.31. The Morgan fingerprint density at radius 2 is 1.75 bits per heavy atom. The second kappa shape index (κ2) is 9.05. The summed E-state index contributed by atoms with van der Waals surface area (Å²) in [5.41, 5.74) is 1.33. The van der Waals surface area contributed by atoms with Crippen molar-refractivity contribution < 1.29 is 22.0 Å². The fraction of sp³-hybridized carbons (Fsp3) is 0.273. The number of nitrogens with zero attached hydrogens (tertiary/aromatic N) is 2. The molecule has 1 aliphatic heterocycles. The van der Waals surface area contributed by atoms with Crippen molar-refractivity contribution in [3.05, 3.63) is 64.5 Å². The lowest BCUT2D eigenvalue weighted by Gasteiger charge is -2.26. The summed E-state index contributed by atoms with van der Waals surface area (Å²) >= 11 is 1.23. The molecular weight excluding hydrogens is 456 g/mol. The molecule has 1 amide bonds. The van der Waals surface area contributed by atoms with Crippen LogP contribution in [0.2, 0.25) is 0 Å². The van der Waals surface area contributed by atoms with E-state index in [-0.39, 0.29) is 11.4 Å². The summed E-state index contributed by atoms with van der Waals surface area (Å²) in [6.07, 6.45) is 2.38. The van der Waals surface area contributed by atoms with Crippen molar-refractivity contribution in [2.24, 2.45) is 0 Å². The highest BCUT2D eigenvalue weighted by molar-refractivity contribution is 7.89. The third kappa shape index (κ3) is 4.57. The molecule has 1 N–H and O–H groups in total. The van der Waals surface area contributed by atoms with Crippen molar-refractivity contribution in [1.29, 1.82) is 0 Å². The predicted molar refractivity (Wildman–Crippen MR) is 119 cm³/mol. The minimum absolute atomic E-state index is 0.0122. The van der Waals surface area contributed by atoms with Gasteiger partial charge in [0.15, 0.2) is 5.13 Å². The number of thiazole rings is 1. The zero-order valence-electron chi connectivity index (χ0n) is 17.3. The number of aromatic nitrogens is 1. The van der Waals surface area contributed by atoms with Crippen molar-refractivity contribution in [3.63, 3.8) is 0 Å². The summed E-state index contributed by atoms with van der Waals surface area (Å²) < 4.78 is 54.6. The summed E-state index contributed by atoms with van der Waals surface area (Å²) in [7, 11) is -4.03. The molecule has 0 bridgehead atoms. The number of hydrogen-bond acceptors (Lipinski definition) is 5. The number of carbonyl (C=O) groups is 1. The van der Waals surface area contributed by atoms with Crippen molar-refractivity contribution in [3.8, 4) is 11.3 Å². The molecule has 10 heteroatoms. The van der Waals surface area contributed by atoms with Crippen molar-refractivity contribution in [1.82, 2.24) is 9.29 Å². The van der Waals surface area contributed by atoms with Gasteiger partial charge in [0.2, 0.25) is 10.0 Å². The Labute approximate surface area is 189 Å². The molecule has 1 aliphatic rings. The molecule has 4 rings (SSSR count). The molecule has 0 unspecified atom stereocenters. The molecule has 1 saturated heterocycles. The van der Waals surface area contributed by atoms with Crippen LogP contribution in [-0.2, 0) is 10.0 Å². The number of halogens is 2. The van der Waals surface area contributed by atoms with Crippen LogP contribution in [-0.4, -0.2) is 36.7 Å². The number of piperidine rings is 1. The summed E-state index contributed by atoms with van der Waals surface area (Å²) in [5, 5.41) is 2.94. The van der Waals surface area contributed by atoms with E-state index in [9.17, 15) is 22.0 Å². The standard InChI is InChI=1S/C22H21F2N3O3S2/c1-14-20(15-5-8-17(23)9-6-15)25-22(31-14)26-21(28)16-7-10-18(24)19(13-16)32(29,30)27-11-3-2-4-12-27/h5-10,13H,2-4,11-12H2,1H3,(H,25,26,28). The van der Waals surface area contributed by atoms with Crippen LogP contribution in [0.25, 0.3) is 11.3 Å². The lowest BCUT2D eigenvalue weighted by atomic mass is 10.1. The first-order chi connectivity index (χ1) is 15.3. The van der Waals surface area contributed by atoms with Crippen LogP contribution in [0.4, 0.5) is 13.9 Å². The molecule has 168 valence electrons. The number of anilines is 1. The van der Waals surface area contributed by atoms with Gasteiger partial charge in [-0.2, -0.15) is 4.31 Å². The molecule has 0 spiro atoms. The minimum atomic E-state index is -4.03. The topological polar surface area (TPSA) is 79.4 Å². The molecule has 2 aromatic carbocycles. The second-order valence-corrected chi connectivity index (χ2v) is 10.6. The third-order valence-electron chi connectivity index (χ3n) is 5.26. The van der Waals surface area contributed by atoms with Crippen LogP contribution in [0.15, 0.2) is 47.4 Å². The number of hydrogen-bond donors (Lipinski definition) is 1. The molecule has 0 saturated carbocycles. The smallest absolute Gasteiger partial charge is 0.257 e. The molecule has 1 fully saturated rings. The maximum Gasteiger partial charge on any atom is 0.257 e. The average Bonchev–Trinajstić information content (AvgIpc) is 3.14. The largest absolute Gasteiger partial charge is 0.298 e. The molecular formula is C22H21F2N3O3S2. The van der Waals surface area contributed by atoms with Crippen LogP contribution < -0.4 is 5.32 Å². The normalized spacial score (nSPS) is 15.0. The van der Waals surface area contributed by atoms with E-state index in [0.717, 1.165) is 36.3 Å². The van der Waals surface area contributed by atoms with Crippen LogP contribution in [0, 0.1) is 18.6 Å². The number of sulfonamides is 1.